The Hall–Kier alpha value is -1.61. The lowest BCUT2D eigenvalue weighted by atomic mass is 10.2. The van der Waals surface area contributed by atoms with E-state index >= 15 is 0 Å². The van der Waals surface area contributed by atoms with Gasteiger partial charge in [-0.15, -0.1) is 6.58 Å². The van der Waals surface area contributed by atoms with Crippen LogP contribution in [-0.2, 0) is 0 Å². The first kappa shape index (κ1) is 12.4. The molecule has 1 atom stereocenters. The van der Waals surface area contributed by atoms with Gasteiger partial charge in [-0.2, -0.15) is 0 Å². The molecule has 76 valence electrons. The molecule has 0 saturated heterocycles. The van der Waals surface area contributed by atoms with Crippen LogP contribution in [0.25, 0.3) is 0 Å². The highest BCUT2D eigenvalue weighted by Crippen LogP contribution is 1.96. The van der Waals surface area contributed by atoms with Crippen molar-refractivity contribution in [3.63, 3.8) is 0 Å². The Balaban J connectivity index is 0.000000292. The number of benzene rings is 1. The molecule has 14 heavy (non-hydrogen) atoms. The van der Waals surface area contributed by atoms with Crippen LogP contribution >= 0.6 is 0 Å². The van der Waals surface area contributed by atoms with Gasteiger partial charge in [0.15, 0.2) is 0 Å². The summed E-state index contributed by atoms with van der Waals surface area (Å²) < 4.78 is 0. The highest BCUT2D eigenvalue weighted by atomic mass is 16.4. The quantitative estimate of drug-likeness (QED) is 0.707. The lowest BCUT2D eigenvalue weighted by Gasteiger charge is -1.88. The molecule has 0 fully saturated rings. The second kappa shape index (κ2) is 6.86. The normalized spacial score (nSPS) is 10.7. The van der Waals surface area contributed by atoms with Crippen LogP contribution in [0.15, 0.2) is 43.0 Å². The summed E-state index contributed by atoms with van der Waals surface area (Å²) in [6, 6.07) is 8.30. The van der Waals surface area contributed by atoms with Crippen LogP contribution in [-0.4, -0.2) is 22.3 Å². The largest absolute Gasteiger partial charge is 0.478 e. The first-order valence-corrected chi connectivity index (χ1v) is 4.17. The molecule has 1 aromatic carbocycles. The maximum Gasteiger partial charge on any atom is 0.335 e. The van der Waals surface area contributed by atoms with Gasteiger partial charge in [0.25, 0.3) is 0 Å². The van der Waals surface area contributed by atoms with Crippen LogP contribution in [0, 0.1) is 0 Å². The van der Waals surface area contributed by atoms with E-state index in [2.05, 4.69) is 6.58 Å². The zero-order valence-electron chi connectivity index (χ0n) is 8.05. The average Bonchev–Trinajstić information content (AvgIpc) is 2.20. The van der Waals surface area contributed by atoms with E-state index in [1.807, 2.05) is 0 Å². The summed E-state index contributed by atoms with van der Waals surface area (Å²) in [7, 11) is 0. The number of carboxylic acids is 1. The van der Waals surface area contributed by atoms with Gasteiger partial charge in [-0.3, -0.25) is 0 Å². The predicted octanol–water partition coefficient (Wildman–Crippen LogP) is 1.94. The Bertz CT molecular complexity index is 278. The number of hydrogen-bond donors (Lipinski definition) is 2. The minimum Gasteiger partial charge on any atom is -0.478 e. The molecule has 0 aliphatic heterocycles. The lowest BCUT2D eigenvalue weighted by Crippen LogP contribution is -1.93. The Morgan fingerprint density at radius 2 is 1.86 bits per heavy atom. The maximum absolute atomic E-state index is 10.2. The summed E-state index contributed by atoms with van der Waals surface area (Å²) in [5, 5.41) is 16.6. The predicted molar refractivity (Wildman–Crippen MR) is 55.3 cm³/mol. The molecular weight excluding hydrogens is 180 g/mol. The van der Waals surface area contributed by atoms with Gasteiger partial charge in [-0.05, 0) is 19.1 Å². The third-order valence-electron chi connectivity index (χ3n) is 1.36. The molecule has 0 heterocycles. The molecule has 0 aromatic heterocycles. The molecule has 0 spiro atoms. The monoisotopic (exact) mass is 194 g/mol. The average molecular weight is 194 g/mol. The topological polar surface area (TPSA) is 57.5 Å². The minimum atomic E-state index is -0.879. The van der Waals surface area contributed by atoms with E-state index in [0.717, 1.165) is 0 Å². The number of aliphatic hydroxyl groups excluding tert-OH is 1. The van der Waals surface area contributed by atoms with E-state index in [0.29, 0.717) is 5.56 Å². The van der Waals surface area contributed by atoms with Gasteiger partial charge in [0.1, 0.15) is 0 Å². The van der Waals surface area contributed by atoms with Crippen molar-refractivity contribution in [2.75, 3.05) is 0 Å². The van der Waals surface area contributed by atoms with Crippen LogP contribution in [0.3, 0.4) is 0 Å². The van der Waals surface area contributed by atoms with Gasteiger partial charge in [-0.25, -0.2) is 4.79 Å². The summed E-state index contributed by atoms with van der Waals surface area (Å²) in [5.41, 5.74) is 0.331. The van der Waals surface area contributed by atoms with Gasteiger partial charge in [0.2, 0.25) is 0 Å². The van der Waals surface area contributed by atoms with Crippen molar-refractivity contribution in [1.82, 2.24) is 0 Å². The second-order valence-corrected chi connectivity index (χ2v) is 2.65. The summed E-state index contributed by atoms with van der Waals surface area (Å²) >= 11 is 0. The zero-order valence-corrected chi connectivity index (χ0v) is 8.05. The highest BCUT2D eigenvalue weighted by Gasteiger charge is 1.96. The molecule has 0 bridgehead atoms. The molecular formula is C11H14O3. The molecule has 3 nitrogen and oxygen atoms in total. The van der Waals surface area contributed by atoms with Crippen LogP contribution in [0.4, 0.5) is 0 Å². The molecule has 0 amide bonds. The van der Waals surface area contributed by atoms with E-state index < -0.39 is 5.97 Å². The third-order valence-corrected chi connectivity index (χ3v) is 1.36. The fraction of sp³-hybridized carbons (Fsp3) is 0.182. The number of rotatable bonds is 2. The van der Waals surface area contributed by atoms with Crippen molar-refractivity contribution < 1.29 is 15.0 Å². The number of carboxylic acid groups (broad SMARTS) is 1. The highest BCUT2D eigenvalue weighted by molar-refractivity contribution is 5.87. The molecule has 1 unspecified atom stereocenters. The van der Waals surface area contributed by atoms with Crippen molar-refractivity contribution in [1.29, 1.82) is 0 Å². The van der Waals surface area contributed by atoms with Crippen LogP contribution in [0.2, 0.25) is 0 Å². The molecule has 1 rings (SSSR count). The van der Waals surface area contributed by atoms with E-state index in [4.69, 9.17) is 10.2 Å². The lowest BCUT2D eigenvalue weighted by molar-refractivity contribution is 0.0697. The first-order valence-electron chi connectivity index (χ1n) is 4.17. The van der Waals surface area contributed by atoms with Crippen molar-refractivity contribution in [3.05, 3.63) is 48.6 Å². The van der Waals surface area contributed by atoms with E-state index in [-0.39, 0.29) is 6.10 Å². The number of hydrogen-bond acceptors (Lipinski definition) is 2. The third kappa shape index (κ3) is 5.97. The SMILES string of the molecule is C=CC(C)O.O=C(O)c1ccccc1. The van der Waals surface area contributed by atoms with Crippen LogP contribution in [0.5, 0.6) is 0 Å². The second-order valence-electron chi connectivity index (χ2n) is 2.65. The summed E-state index contributed by atoms with van der Waals surface area (Å²) in [4.78, 5) is 10.2. The standard InChI is InChI=1S/C7H6O2.C4H8O/c8-7(9)6-4-2-1-3-5-6;1-3-4(2)5/h1-5H,(H,8,9);3-5H,1H2,2H3. The Kier molecular flexibility index (Phi) is 6.07. The molecule has 3 heteroatoms. The van der Waals surface area contributed by atoms with E-state index in [1.165, 1.54) is 6.08 Å². The molecule has 0 radical (unpaired) electrons. The molecule has 0 aliphatic rings. The Morgan fingerprint density at radius 1 is 1.43 bits per heavy atom. The van der Waals surface area contributed by atoms with Gasteiger partial charge >= 0.3 is 5.97 Å². The van der Waals surface area contributed by atoms with Gasteiger partial charge in [0, 0.05) is 0 Å². The zero-order chi connectivity index (χ0) is 11.0. The first-order chi connectivity index (χ1) is 6.57. The summed E-state index contributed by atoms with van der Waals surface area (Å²) in [5.74, 6) is -0.879. The van der Waals surface area contributed by atoms with E-state index in [1.54, 1.807) is 37.3 Å². The number of aromatic carboxylic acids is 1. The smallest absolute Gasteiger partial charge is 0.335 e. The van der Waals surface area contributed by atoms with Crippen molar-refractivity contribution >= 4 is 5.97 Å². The molecule has 0 saturated carbocycles. The fourth-order valence-electron chi connectivity index (χ4n) is 0.581. The van der Waals surface area contributed by atoms with Gasteiger partial charge in [-0.1, -0.05) is 24.3 Å². The van der Waals surface area contributed by atoms with Gasteiger partial charge in [0.05, 0.1) is 11.7 Å². The Labute approximate surface area is 83.3 Å². The van der Waals surface area contributed by atoms with Crippen LogP contribution < -0.4 is 0 Å². The number of carbonyl (C=O) groups is 1. The van der Waals surface area contributed by atoms with Crippen LogP contribution in [0.1, 0.15) is 17.3 Å². The van der Waals surface area contributed by atoms with Crippen molar-refractivity contribution in [3.8, 4) is 0 Å². The molecule has 2 N–H and O–H groups in total. The van der Waals surface area contributed by atoms with E-state index in [9.17, 15) is 4.79 Å². The minimum absolute atomic E-state index is 0.331. The Morgan fingerprint density at radius 3 is 2.07 bits per heavy atom. The molecule has 0 aliphatic carbocycles. The summed E-state index contributed by atoms with van der Waals surface area (Å²) in [6.45, 7) is 4.97. The maximum atomic E-state index is 10.2. The summed E-state index contributed by atoms with van der Waals surface area (Å²) in [6.07, 6.45) is 1.12. The van der Waals surface area contributed by atoms with Crippen molar-refractivity contribution in [2.24, 2.45) is 0 Å². The number of aliphatic hydroxyl groups is 1. The van der Waals surface area contributed by atoms with Crippen molar-refractivity contribution in [2.45, 2.75) is 13.0 Å². The van der Waals surface area contributed by atoms with Gasteiger partial charge < -0.3 is 10.2 Å². The molecule has 1 aromatic rings. The fourth-order valence-corrected chi connectivity index (χ4v) is 0.581.